The van der Waals surface area contributed by atoms with Gasteiger partial charge in [-0.05, 0) is 42.7 Å². The topological polar surface area (TPSA) is 75.7 Å². The summed E-state index contributed by atoms with van der Waals surface area (Å²) < 4.78 is 32.7. The first-order valence-corrected chi connectivity index (χ1v) is 11.1. The van der Waals surface area contributed by atoms with Crippen LogP contribution in [0.15, 0.2) is 72.1 Å². The van der Waals surface area contributed by atoms with Gasteiger partial charge in [-0.1, -0.05) is 36.4 Å². The van der Waals surface area contributed by atoms with Gasteiger partial charge in [-0.2, -0.15) is 4.31 Å². The van der Waals surface area contributed by atoms with Crippen molar-refractivity contribution in [2.24, 2.45) is 0 Å². The highest BCUT2D eigenvalue weighted by molar-refractivity contribution is 7.89. The van der Waals surface area contributed by atoms with Gasteiger partial charge < -0.3 is 10.1 Å². The van der Waals surface area contributed by atoms with E-state index in [1.807, 2.05) is 0 Å². The smallest absolute Gasteiger partial charge is 0.251 e. The minimum absolute atomic E-state index is 0.0916. The van der Waals surface area contributed by atoms with E-state index >= 15 is 0 Å². The van der Waals surface area contributed by atoms with E-state index in [9.17, 15) is 13.2 Å². The van der Waals surface area contributed by atoms with Crippen molar-refractivity contribution in [3.63, 3.8) is 0 Å². The molecule has 1 fully saturated rings. The third-order valence-electron chi connectivity index (χ3n) is 4.80. The van der Waals surface area contributed by atoms with Gasteiger partial charge in [0.2, 0.25) is 10.0 Å². The quantitative estimate of drug-likeness (QED) is 0.640. The molecule has 1 saturated heterocycles. The van der Waals surface area contributed by atoms with Crippen LogP contribution in [-0.2, 0) is 21.3 Å². The third-order valence-corrected chi connectivity index (χ3v) is 6.63. The average Bonchev–Trinajstić information content (AvgIpc) is 3.26. The van der Waals surface area contributed by atoms with E-state index in [1.54, 1.807) is 60.7 Å². The summed E-state index contributed by atoms with van der Waals surface area (Å²) in [5.74, 6) is -0.160. The molecule has 154 valence electrons. The molecule has 0 radical (unpaired) electrons. The number of ether oxygens (including phenoxy) is 1. The highest BCUT2D eigenvalue weighted by Gasteiger charge is 2.23. The van der Waals surface area contributed by atoms with Crippen LogP contribution in [0.1, 0.15) is 28.8 Å². The van der Waals surface area contributed by atoms with Gasteiger partial charge >= 0.3 is 0 Å². The first-order chi connectivity index (χ1) is 14.0. The van der Waals surface area contributed by atoms with Crippen molar-refractivity contribution in [1.29, 1.82) is 0 Å². The fourth-order valence-corrected chi connectivity index (χ4v) is 4.63. The van der Waals surface area contributed by atoms with Crippen LogP contribution in [0, 0.1) is 0 Å². The molecule has 0 saturated carbocycles. The molecule has 1 atom stereocenters. The van der Waals surface area contributed by atoms with Gasteiger partial charge in [-0.25, -0.2) is 8.42 Å². The molecule has 0 aliphatic carbocycles. The van der Waals surface area contributed by atoms with Crippen LogP contribution < -0.4 is 5.32 Å². The molecule has 1 aliphatic rings. The van der Waals surface area contributed by atoms with Crippen LogP contribution in [0.4, 0.5) is 0 Å². The van der Waals surface area contributed by atoms with Gasteiger partial charge in [0.1, 0.15) is 0 Å². The van der Waals surface area contributed by atoms with Crippen LogP contribution in [0.25, 0.3) is 0 Å². The van der Waals surface area contributed by atoms with Crippen molar-refractivity contribution in [3.8, 4) is 0 Å². The number of nitrogens with zero attached hydrogens (tertiary/aromatic N) is 1. The highest BCUT2D eigenvalue weighted by atomic mass is 32.2. The lowest BCUT2D eigenvalue weighted by Crippen LogP contribution is -2.32. The summed E-state index contributed by atoms with van der Waals surface area (Å²) in [6, 6.07) is 15.3. The lowest BCUT2D eigenvalue weighted by atomic mass is 10.1. The summed E-state index contributed by atoms with van der Waals surface area (Å²) in [4.78, 5) is 12.5. The zero-order valence-electron chi connectivity index (χ0n) is 16.3. The zero-order valence-corrected chi connectivity index (χ0v) is 17.1. The highest BCUT2D eigenvalue weighted by Crippen LogP contribution is 2.18. The largest absolute Gasteiger partial charge is 0.376 e. The molecule has 0 aromatic heterocycles. The van der Waals surface area contributed by atoms with Gasteiger partial charge in [0.15, 0.2) is 0 Å². The summed E-state index contributed by atoms with van der Waals surface area (Å²) in [7, 11) is -3.64. The Labute approximate surface area is 172 Å². The standard InChI is InChI=1S/C22H26N2O4S/c1-2-14-24(29(26,27)21-8-4-3-5-9-21)17-18-10-12-19(13-11-18)22(25)23-16-20-7-6-15-28-20/h2-5,8-13,20H,1,6-7,14-17H2,(H,23,25)/t20-/m1/s1. The minimum Gasteiger partial charge on any atom is -0.376 e. The Morgan fingerprint density at radius 1 is 1.17 bits per heavy atom. The van der Waals surface area contributed by atoms with Crippen molar-refractivity contribution in [2.75, 3.05) is 19.7 Å². The third kappa shape index (κ3) is 5.53. The number of carbonyl (C=O) groups excluding carboxylic acids is 1. The Hall–Kier alpha value is -2.48. The van der Waals surface area contributed by atoms with E-state index in [-0.39, 0.29) is 30.0 Å². The monoisotopic (exact) mass is 414 g/mol. The molecule has 29 heavy (non-hydrogen) atoms. The second kappa shape index (κ2) is 9.82. The maximum Gasteiger partial charge on any atom is 0.251 e. The molecular formula is C22H26N2O4S. The normalized spacial score (nSPS) is 16.7. The molecular weight excluding hydrogens is 388 g/mol. The number of hydrogen-bond donors (Lipinski definition) is 1. The van der Waals surface area contributed by atoms with E-state index in [2.05, 4.69) is 11.9 Å². The summed E-state index contributed by atoms with van der Waals surface area (Å²) in [5.41, 5.74) is 1.33. The summed E-state index contributed by atoms with van der Waals surface area (Å²) in [6.07, 6.45) is 3.65. The summed E-state index contributed by atoms with van der Waals surface area (Å²) >= 11 is 0. The number of hydrogen-bond acceptors (Lipinski definition) is 4. The molecule has 6 nitrogen and oxygen atoms in total. The lowest BCUT2D eigenvalue weighted by Gasteiger charge is -2.21. The first kappa shape index (κ1) is 21.2. The Morgan fingerprint density at radius 2 is 1.90 bits per heavy atom. The Morgan fingerprint density at radius 3 is 2.52 bits per heavy atom. The molecule has 2 aromatic rings. The van der Waals surface area contributed by atoms with Gasteiger partial charge in [0, 0.05) is 31.8 Å². The molecule has 1 heterocycles. The van der Waals surface area contributed by atoms with E-state index in [1.165, 1.54) is 4.31 Å². The Kier molecular flexibility index (Phi) is 7.19. The number of nitrogens with one attached hydrogen (secondary N) is 1. The molecule has 1 amide bonds. The van der Waals surface area contributed by atoms with Crippen molar-refractivity contribution in [1.82, 2.24) is 9.62 Å². The molecule has 2 aromatic carbocycles. The SMILES string of the molecule is C=CCN(Cc1ccc(C(=O)NC[C@H]2CCCO2)cc1)S(=O)(=O)c1ccccc1. The van der Waals surface area contributed by atoms with E-state index < -0.39 is 10.0 Å². The molecule has 1 aliphatic heterocycles. The van der Waals surface area contributed by atoms with Crippen LogP contribution in [-0.4, -0.2) is 44.4 Å². The van der Waals surface area contributed by atoms with E-state index in [0.29, 0.717) is 12.1 Å². The molecule has 1 N–H and O–H groups in total. The van der Waals surface area contributed by atoms with Crippen LogP contribution in [0.3, 0.4) is 0 Å². The van der Waals surface area contributed by atoms with Crippen LogP contribution in [0.5, 0.6) is 0 Å². The number of amides is 1. The van der Waals surface area contributed by atoms with Crippen molar-refractivity contribution >= 4 is 15.9 Å². The van der Waals surface area contributed by atoms with Gasteiger partial charge in [0.25, 0.3) is 5.91 Å². The van der Waals surface area contributed by atoms with Crippen molar-refractivity contribution < 1.29 is 17.9 Å². The summed E-state index contributed by atoms with van der Waals surface area (Å²) in [5, 5.41) is 2.88. The maximum atomic E-state index is 12.9. The van der Waals surface area contributed by atoms with Crippen LogP contribution in [0.2, 0.25) is 0 Å². The fraction of sp³-hybridized carbons (Fsp3) is 0.318. The zero-order chi connectivity index (χ0) is 20.7. The first-order valence-electron chi connectivity index (χ1n) is 9.65. The van der Waals surface area contributed by atoms with Crippen molar-refractivity contribution in [2.45, 2.75) is 30.4 Å². The molecule has 3 rings (SSSR count). The number of rotatable bonds is 9. The second-order valence-electron chi connectivity index (χ2n) is 6.94. The van der Waals surface area contributed by atoms with Gasteiger partial charge in [-0.15, -0.1) is 6.58 Å². The Balaban J connectivity index is 1.66. The number of sulfonamides is 1. The average molecular weight is 415 g/mol. The predicted molar refractivity (Wildman–Crippen MR) is 112 cm³/mol. The molecule has 7 heteroatoms. The molecule has 0 spiro atoms. The van der Waals surface area contributed by atoms with E-state index in [0.717, 1.165) is 25.0 Å². The van der Waals surface area contributed by atoms with E-state index in [4.69, 9.17) is 4.74 Å². The maximum absolute atomic E-state index is 12.9. The number of benzene rings is 2. The molecule has 0 bridgehead atoms. The fourth-order valence-electron chi connectivity index (χ4n) is 3.21. The minimum atomic E-state index is -3.64. The van der Waals surface area contributed by atoms with Crippen LogP contribution >= 0.6 is 0 Å². The second-order valence-corrected chi connectivity index (χ2v) is 8.88. The predicted octanol–water partition coefficient (Wildman–Crippen LogP) is 2.97. The summed E-state index contributed by atoms with van der Waals surface area (Å²) in [6.45, 7) is 5.32. The Bertz CT molecular complexity index is 921. The van der Waals surface area contributed by atoms with Gasteiger partial charge in [-0.3, -0.25) is 4.79 Å². The number of carbonyl (C=O) groups is 1. The lowest BCUT2D eigenvalue weighted by molar-refractivity contribution is 0.0857. The molecule has 0 unspecified atom stereocenters. The van der Waals surface area contributed by atoms with Crippen molar-refractivity contribution in [3.05, 3.63) is 78.4 Å². The van der Waals surface area contributed by atoms with Gasteiger partial charge in [0.05, 0.1) is 11.0 Å².